The summed E-state index contributed by atoms with van der Waals surface area (Å²) in [5.74, 6) is -10.8. The summed E-state index contributed by atoms with van der Waals surface area (Å²) in [6, 6.07) is -5.02. The molecule has 53 nitrogen and oxygen atoms in total. The van der Waals surface area contributed by atoms with Crippen LogP contribution in [0.15, 0.2) is 11.5 Å². The number of ether oxygens (including phenoxy) is 15. The minimum Gasteiger partial charge on any atom is -0.506 e. The molecule has 0 radical (unpaired) electrons. The van der Waals surface area contributed by atoms with E-state index in [0.717, 1.165) is 6.92 Å². The summed E-state index contributed by atoms with van der Waals surface area (Å²) in [6.45, 7) is -5.40. The summed E-state index contributed by atoms with van der Waals surface area (Å²) in [5.41, 5.74) is 0. The predicted octanol–water partition coefficient (Wildman–Crippen LogP) is -17.3. The number of carbonyl (C=O) groups excluding carboxylic acids is 1. The van der Waals surface area contributed by atoms with E-state index in [9.17, 15) is 165 Å². The molecule has 0 spiro atoms. The Bertz CT molecular complexity index is 3360. The standard InChI is InChI=1S/C49H76N2O51S3/c1-7(54)50-13-18(58)30(94-46-26(66)22(62)35(38(101-46)41(74)75)99-44-14(51-103(77,78)79)19(59)31(12(93-44)6-88-105(83,84)85)95-45-25(65)20(60)21(61)36(100-45)39(70)71)11(5-87-104(80,81)82)92-43(13)98-34-23(63)27(67)47(102-37(34)40(72)73)96-33-17(57)9(3-53)90-49(29(33)69)97-32-16(56)8(2-52)89-48(28(32)68)91-10-4-86-42(76)24(64)15(10)55/h8-20,22-35,37-38,42-49,51-53,55-69,76H,2-6H2,1H3,(H,50,54)(H,70,71)(H,72,73)(H,74,75)(H,77,78,79)(H,80,81,82)(H,83,84,85)/t8-,9-,10-,11-,12-,13-,14-,15+,16+,17+,18-,19-,20+,22-,23-,24-,25-,26-,27-,28-,29-,30-,31-,32+,33+,34+,35+,37+,38-,42-,43-,44-,45-,46-,47-,48+,49+/m1/s1. The molecule has 0 aromatic rings. The second-order valence-electron chi connectivity index (χ2n) is 24.2. The molecule has 0 aromatic heterocycles. The van der Waals surface area contributed by atoms with Gasteiger partial charge in [-0.25, -0.2) is 22.7 Å². The van der Waals surface area contributed by atoms with Crippen LogP contribution in [-0.4, -0.2) is 430 Å². The van der Waals surface area contributed by atoms with E-state index >= 15 is 0 Å². The van der Waals surface area contributed by atoms with Crippen molar-refractivity contribution in [2.24, 2.45) is 0 Å². The van der Waals surface area contributed by atoms with Crippen molar-refractivity contribution in [3.05, 3.63) is 11.5 Å². The van der Waals surface area contributed by atoms with Crippen LogP contribution >= 0.6 is 0 Å². The highest BCUT2D eigenvalue weighted by Crippen LogP contribution is 2.39. The summed E-state index contributed by atoms with van der Waals surface area (Å²) in [6.07, 6.45) is -84.6. The number of aliphatic hydroxyl groups is 18. The molecule has 0 aromatic carbocycles. The van der Waals surface area contributed by atoms with E-state index in [1.165, 1.54) is 4.72 Å². The molecule has 0 bridgehead atoms. The number of nitrogens with one attached hydrogen (secondary N) is 2. The van der Waals surface area contributed by atoms with E-state index in [1.54, 1.807) is 0 Å². The molecule has 0 unspecified atom stereocenters. The van der Waals surface area contributed by atoms with Crippen LogP contribution in [0.1, 0.15) is 6.92 Å². The number of carboxylic acids is 3. The van der Waals surface area contributed by atoms with Gasteiger partial charge >= 0.3 is 49.0 Å². The summed E-state index contributed by atoms with van der Waals surface area (Å²) in [7, 11) is -17.0. The third-order valence-electron chi connectivity index (χ3n) is 17.0. The van der Waals surface area contributed by atoms with Crippen molar-refractivity contribution in [3.63, 3.8) is 0 Å². The Labute approximate surface area is 586 Å². The Hall–Kier alpha value is -4.41. The lowest BCUT2D eigenvalue weighted by molar-refractivity contribution is -0.390. The van der Waals surface area contributed by atoms with Gasteiger partial charge in [0.15, 0.2) is 62.0 Å². The van der Waals surface area contributed by atoms with Crippen LogP contribution in [0.5, 0.6) is 0 Å². The second-order valence-corrected chi connectivity index (χ2v) is 27.5. The van der Waals surface area contributed by atoms with E-state index in [1.807, 2.05) is 0 Å². The lowest BCUT2D eigenvalue weighted by Crippen LogP contribution is -2.71. The normalized spacial score (nSPS) is 45.3. The minimum atomic E-state index is -5.73. The van der Waals surface area contributed by atoms with Gasteiger partial charge in [-0.05, 0) is 0 Å². The Balaban J connectivity index is 1.01. The quantitative estimate of drug-likeness (QED) is 0.0324. The first-order chi connectivity index (χ1) is 48.8. The zero-order valence-corrected chi connectivity index (χ0v) is 55.3. The van der Waals surface area contributed by atoms with E-state index in [-0.39, 0.29) is 0 Å². The van der Waals surface area contributed by atoms with Gasteiger partial charge in [0.1, 0.15) is 165 Å². The van der Waals surface area contributed by atoms with Gasteiger partial charge in [0, 0.05) is 6.92 Å². The van der Waals surface area contributed by atoms with Crippen molar-refractivity contribution in [3.8, 4) is 0 Å². The summed E-state index contributed by atoms with van der Waals surface area (Å²) >= 11 is 0. The molecule has 7 saturated heterocycles. The first kappa shape index (κ1) is 86.2. The van der Waals surface area contributed by atoms with Gasteiger partial charge in [-0.1, -0.05) is 0 Å². The number of aliphatic hydroxyl groups excluding tert-OH is 18. The highest BCUT2D eigenvalue weighted by Gasteiger charge is 2.61. The Kier molecular flexibility index (Phi) is 28.6. The van der Waals surface area contributed by atoms with Gasteiger partial charge in [0.05, 0.1) is 33.0 Å². The lowest BCUT2D eigenvalue weighted by Gasteiger charge is -2.50. The first-order valence-electron chi connectivity index (χ1n) is 30.4. The monoisotopic (exact) mass is 1600 g/mol. The highest BCUT2D eigenvalue weighted by atomic mass is 32.3. The van der Waals surface area contributed by atoms with Crippen molar-refractivity contribution in [1.82, 2.24) is 10.0 Å². The maximum atomic E-state index is 13.1. The van der Waals surface area contributed by atoms with Crippen LogP contribution in [0, 0.1) is 0 Å². The maximum Gasteiger partial charge on any atom is 0.397 e. The molecule has 606 valence electrons. The van der Waals surface area contributed by atoms with Crippen molar-refractivity contribution in [1.29, 1.82) is 0 Å². The van der Waals surface area contributed by atoms with Crippen molar-refractivity contribution in [2.75, 3.05) is 33.0 Å². The second kappa shape index (κ2) is 34.9. The smallest absolute Gasteiger partial charge is 0.397 e. The van der Waals surface area contributed by atoms with Crippen LogP contribution < -0.4 is 10.0 Å². The zero-order valence-electron chi connectivity index (χ0n) is 52.9. The molecule has 1 amide bonds. The van der Waals surface area contributed by atoms with E-state index in [4.69, 9.17) is 71.1 Å². The Morgan fingerprint density at radius 1 is 0.438 bits per heavy atom. The van der Waals surface area contributed by atoms with Crippen LogP contribution in [0.25, 0.3) is 0 Å². The molecule has 8 aliphatic heterocycles. The van der Waals surface area contributed by atoms with Crippen LogP contribution in [-0.2, 0) is 130 Å². The molecule has 8 rings (SSSR count). The summed E-state index contributed by atoms with van der Waals surface area (Å²) in [4.78, 5) is 50.7. The van der Waals surface area contributed by atoms with E-state index in [2.05, 4.69) is 13.7 Å². The lowest BCUT2D eigenvalue weighted by atomic mass is 9.94. The first-order valence-corrected chi connectivity index (χ1v) is 34.5. The average Bonchev–Trinajstić information content (AvgIpc) is 0.762. The fraction of sp³-hybridized carbons (Fsp3) is 0.878. The molecule has 7 fully saturated rings. The Morgan fingerprint density at radius 2 is 0.829 bits per heavy atom. The third-order valence-corrected chi connectivity index (χ3v) is 18.5. The minimum absolute atomic E-state index is 0.635. The van der Waals surface area contributed by atoms with Gasteiger partial charge in [-0.2, -0.15) is 30.0 Å². The number of rotatable bonds is 28. The average molecular weight is 1610 g/mol. The SMILES string of the molecule is CC(=O)N[C@H]1[C@@H](O[C@H]2[C@H](O)[C@@H](O)[C@H](O[C@H]3[C@@H](O)[C@@H](CO)O[C@@H](O[C@H]4[C@@H](O)[C@@H](CO)O[C@@H](O[C@@H]5CO[C@@H](O)[C@H](O)[C@H]5O)[C@@H]4O)[C@@H]3O)O[C@@H]2C(=O)O)O[C@H](COS(=O)(=O)O)[C@@H](O[C@@H]2O[C@@H](C(=O)O)[C@@H](O[C@H]3O[C@H](COS(=O)(=O)O)[C@@H](O[C@@H]4OC(C(=O)O)=C(O)[C@H](O)[C@H]4O)[C@H](O)[C@H]3NS(=O)(=O)O)[C@H](O)[C@H]2O)[C@@H]1O. The van der Waals surface area contributed by atoms with Crippen molar-refractivity contribution >= 4 is 54.9 Å². The molecular weight excluding hydrogens is 1530 g/mol. The van der Waals surface area contributed by atoms with Gasteiger partial charge < -0.3 is 184 Å². The maximum absolute atomic E-state index is 13.1. The molecule has 105 heavy (non-hydrogen) atoms. The number of carboxylic acid groups (broad SMARTS) is 3. The van der Waals surface area contributed by atoms with Gasteiger partial charge in [0.2, 0.25) is 18.0 Å². The number of hydrogen-bond acceptors (Lipinski definition) is 45. The molecular formula is C49H76N2O51S3. The van der Waals surface area contributed by atoms with Crippen molar-refractivity contribution < 1.29 is 245 Å². The molecule has 8 heterocycles. The van der Waals surface area contributed by atoms with Gasteiger partial charge in [-0.3, -0.25) is 18.5 Å². The fourth-order valence-electron chi connectivity index (χ4n) is 11.9. The fourth-order valence-corrected chi connectivity index (χ4v) is 13.1. The Morgan fingerprint density at radius 3 is 1.24 bits per heavy atom. The summed E-state index contributed by atoms with van der Waals surface area (Å²) in [5, 5.41) is 229. The highest BCUT2D eigenvalue weighted by molar-refractivity contribution is 7.83. The van der Waals surface area contributed by atoms with Gasteiger partial charge in [-0.15, -0.1) is 0 Å². The number of amides is 1. The third kappa shape index (κ3) is 20.0. The van der Waals surface area contributed by atoms with Crippen LogP contribution in [0.2, 0.25) is 0 Å². The number of hydrogen-bond donors (Lipinski definition) is 26. The van der Waals surface area contributed by atoms with Gasteiger partial charge in [0.25, 0.3) is 0 Å². The number of aliphatic carboxylic acids is 3. The topological polar surface area (TPSA) is 837 Å². The van der Waals surface area contributed by atoms with E-state index in [0.29, 0.717) is 0 Å². The largest absolute Gasteiger partial charge is 0.506 e. The molecule has 0 aliphatic carbocycles. The predicted molar refractivity (Wildman–Crippen MR) is 305 cm³/mol. The van der Waals surface area contributed by atoms with Crippen LogP contribution in [0.4, 0.5) is 0 Å². The molecule has 56 heteroatoms. The molecule has 37 atom stereocenters. The van der Waals surface area contributed by atoms with E-state index < -0.39 is 327 Å². The molecule has 26 N–H and O–H groups in total. The molecule has 8 aliphatic rings. The molecule has 0 saturated carbocycles. The summed E-state index contributed by atoms with van der Waals surface area (Å²) < 4.78 is 193. The zero-order chi connectivity index (χ0) is 78.3. The van der Waals surface area contributed by atoms with Crippen molar-refractivity contribution in [2.45, 2.75) is 234 Å². The number of carbonyl (C=O) groups is 4. The van der Waals surface area contributed by atoms with Crippen LogP contribution in [0.3, 0.4) is 0 Å².